The number of rotatable bonds is 6. The topological polar surface area (TPSA) is 45.7 Å². The van der Waals surface area contributed by atoms with Gasteiger partial charge in [0, 0.05) is 16.8 Å². The molecule has 0 unspecified atom stereocenters. The lowest BCUT2D eigenvalue weighted by molar-refractivity contribution is -0.682. The summed E-state index contributed by atoms with van der Waals surface area (Å²) in [6.45, 7) is 2.50. The van der Waals surface area contributed by atoms with Crippen LogP contribution in [-0.2, 0) is 4.79 Å². The highest BCUT2D eigenvalue weighted by Gasteiger charge is 2.13. The van der Waals surface area contributed by atoms with Gasteiger partial charge in [-0.15, -0.1) is 0 Å². The lowest BCUT2D eigenvalue weighted by Crippen LogP contribution is -2.86. The number of nitrogens with two attached hydrogens (primary N) is 1. The SMILES string of the molecule is C[C@H]([NH2+]CC(=O)Nc1ccccc1-c1ccccc1)c1ccccc1. The van der Waals surface area contributed by atoms with Crippen molar-refractivity contribution in [1.29, 1.82) is 0 Å². The van der Waals surface area contributed by atoms with Crippen LogP contribution in [0.25, 0.3) is 11.1 Å². The van der Waals surface area contributed by atoms with Gasteiger partial charge >= 0.3 is 0 Å². The minimum atomic E-state index is 0.00571. The number of carbonyl (C=O) groups excluding carboxylic acids is 1. The Labute approximate surface area is 148 Å². The molecule has 25 heavy (non-hydrogen) atoms. The first-order valence-electron chi connectivity index (χ1n) is 8.56. The third-order valence-electron chi connectivity index (χ3n) is 4.27. The summed E-state index contributed by atoms with van der Waals surface area (Å²) < 4.78 is 0. The molecule has 0 saturated carbocycles. The van der Waals surface area contributed by atoms with Crippen molar-refractivity contribution in [1.82, 2.24) is 0 Å². The number of nitrogens with one attached hydrogen (secondary N) is 1. The van der Waals surface area contributed by atoms with Gasteiger partial charge in [-0.25, -0.2) is 0 Å². The molecule has 3 nitrogen and oxygen atoms in total. The smallest absolute Gasteiger partial charge is 0.279 e. The molecule has 126 valence electrons. The van der Waals surface area contributed by atoms with E-state index in [9.17, 15) is 4.79 Å². The second-order valence-corrected chi connectivity index (χ2v) is 6.10. The van der Waals surface area contributed by atoms with Gasteiger partial charge in [-0.1, -0.05) is 78.9 Å². The van der Waals surface area contributed by atoms with E-state index in [0.29, 0.717) is 6.54 Å². The van der Waals surface area contributed by atoms with Gasteiger partial charge in [-0.3, -0.25) is 4.79 Å². The van der Waals surface area contributed by atoms with Crippen LogP contribution in [0.1, 0.15) is 18.5 Å². The van der Waals surface area contributed by atoms with E-state index in [4.69, 9.17) is 0 Å². The molecule has 0 aliphatic rings. The highest BCUT2D eigenvalue weighted by Crippen LogP contribution is 2.27. The van der Waals surface area contributed by atoms with E-state index in [1.54, 1.807) is 0 Å². The van der Waals surface area contributed by atoms with E-state index in [1.807, 2.05) is 60.7 Å². The number of anilines is 1. The quantitative estimate of drug-likeness (QED) is 0.712. The Hall–Kier alpha value is -2.91. The van der Waals surface area contributed by atoms with Crippen LogP contribution < -0.4 is 10.6 Å². The molecule has 3 aromatic carbocycles. The number of hydrogen-bond donors (Lipinski definition) is 2. The highest BCUT2D eigenvalue weighted by atomic mass is 16.1. The molecule has 3 rings (SSSR count). The van der Waals surface area contributed by atoms with E-state index >= 15 is 0 Å². The third-order valence-corrected chi connectivity index (χ3v) is 4.27. The molecule has 0 bridgehead atoms. The van der Waals surface area contributed by atoms with Crippen LogP contribution in [0.2, 0.25) is 0 Å². The van der Waals surface area contributed by atoms with Gasteiger partial charge in [-0.05, 0) is 18.6 Å². The monoisotopic (exact) mass is 331 g/mol. The number of amides is 1. The maximum absolute atomic E-state index is 12.4. The van der Waals surface area contributed by atoms with Crippen molar-refractivity contribution in [2.24, 2.45) is 0 Å². The lowest BCUT2D eigenvalue weighted by atomic mass is 10.0. The predicted octanol–water partition coefficient (Wildman–Crippen LogP) is 3.62. The fourth-order valence-corrected chi connectivity index (χ4v) is 2.84. The van der Waals surface area contributed by atoms with Crippen LogP contribution >= 0.6 is 0 Å². The summed E-state index contributed by atoms with van der Waals surface area (Å²) >= 11 is 0. The van der Waals surface area contributed by atoms with Gasteiger partial charge in [0.15, 0.2) is 6.54 Å². The fourth-order valence-electron chi connectivity index (χ4n) is 2.84. The van der Waals surface area contributed by atoms with Crippen molar-refractivity contribution < 1.29 is 10.1 Å². The molecule has 0 aliphatic heterocycles. The maximum Gasteiger partial charge on any atom is 0.279 e. The van der Waals surface area contributed by atoms with Crippen molar-refractivity contribution in [3.8, 4) is 11.1 Å². The zero-order chi connectivity index (χ0) is 17.5. The molecule has 3 N–H and O–H groups in total. The molecule has 0 heterocycles. The van der Waals surface area contributed by atoms with Crippen LogP contribution in [0.4, 0.5) is 5.69 Å². The van der Waals surface area contributed by atoms with Gasteiger partial charge in [0.2, 0.25) is 0 Å². The third kappa shape index (κ3) is 4.55. The summed E-state index contributed by atoms with van der Waals surface area (Å²) in [7, 11) is 0. The van der Waals surface area contributed by atoms with Gasteiger partial charge in [-0.2, -0.15) is 0 Å². The highest BCUT2D eigenvalue weighted by molar-refractivity contribution is 5.95. The number of para-hydroxylation sites is 1. The normalized spacial score (nSPS) is 11.7. The van der Waals surface area contributed by atoms with Gasteiger partial charge in [0.05, 0.1) is 0 Å². The molecule has 0 saturated heterocycles. The first-order chi connectivity index (χ1) is 12.2. The van der Waals surface area contributed by atoms with Crippen molar-refractivity contribution in [3.05, 3.63) is 90.5 Å². The molecular formula is C22H23N2O+. The van der Waals surface area contributed by atoms with Crippen molar-refractivity contribution in [3.63, 3.8) is 0 Å². The van der Waals surface area contributed by atoms with E-state index in [-0.39, 0.29) is 11.9 Å². The first kappa shape index (κ1) is 16.9. The number of quaternary nitrogens is 1. The number of hydrogen-bond acceptors (Lipinski definition) is 1. The Morgan fingerprint density at radius 2 is 1.48 bits per heavy atom. The van der Waals surface area contributed by atoms with Crippen LogP contribution in [0.15, 0.2) is 84.9 Å². The van der Waals surface area contributed by atoms with Crippen LogP contribution in [0.5, 0.6) is 0 Å². The van der Waals surface area contributed by atoms with Gasteiger partial charge < -0.3 is 10.6 Å². The van der Waals surface area contributed by atoms with E-state index in [0.717, 1.165) is 16.8 Å². The standard InChI is InChI=1S/C22H22N2O/c1-17(18-10-4-2-5-11-18)23-16-22(25)24-21-15-9-8-14-20(21)19-12-6-3-7-13-19/h2-15,17,23H,16H2,1H3,(H,24,25)/p+1/t17-/m0/s1. The van der Waals surface area contributed by atoms with Crippen LogP contribution in [-0.4, -0.2) is 12.5 Å². The molecule has 3 heteroatoms. The van der Waals surface area contributed by atoms with E-state index < -0.39 is 0 Å². The summed E-state index contributed by atoms with van der Waals surface area (Å²) in [5, 5.41) is 5.10. The molecular weight excluding hydrogens is 308 g/mol. The molecule has 0 radical (unpaired) electrons. The molecule has 1 amide bonds. The minimum Gasteiger partial charge on any atom is -0.333 e. The Balaban J connectivity index is 1.64. The average Bonchev–Trinajstić information content (AvgIpc) is 2.68. The van der Waals surface area contributed by atoms with E-state index in [1.165, 1.54) is 5.56 Å². The van der Waals surface area contributed by atoms with Crippen LogP contribution in [0, 0.1) is 0 Å². The summed E-state index contributed by atoms with van der Waals surface area (Å²) in [4.78, 5) is 12.4. The summed E-state index contributed by atoms with van der Waals surface area (Å²) in [5.41, 5.74) is 4.20. The first-order valence-corrected chi connectivity index (χ1v) is 8.56. The zero-order valence-corrected chi connectivity index (χ0v) is 14.4. The average molecular weight is 331 g/mol. The van der Waals surface area contributed by atoms with Gasteiger partial charge in [0.1, 0.15) is 6.04 Å². The summed E-state index contributed by atoms with van der Waals surface area (Å²) in [6, 6.07) is 28.5. The van der Waals surface area contributed by atoms with Crippen molar-refractivity contribution in [2.75, 3.05) is 11.9 Å². The van der Waals surface area contributed by atoms with Crippen molar-refractivity contribution in [2.45, 2.75) is 13.0 Å². The Morgan fingerprint density at radius 3 is 2.20 bits per heavy atom. The van der Waals surface area contributed by atoms with E-state index in [2.05, 4.69) is 41.8 Å². The molecule has 0 fully saturated rings. The number of benzene rings is 3. The lowest BCUT2D eigenvalue weighted by Gasteiger charge is -2.13. The van der Waals surface area contributed by atoms with Crippen LogP contribution in [0.3, 0.4) is 0 Å². The summed E-state index contributed by atoms with van der Waals surface area (Å²) in [5.74, 6) is 0.00571. The molecule has 0 aliphatic carbocycles. The van der Waals surface area contributed by atoms with Gasteiger partial charge in [0.25, 0.3) is 5.91 Å². The molecule has 0 spiro atoms. The Bertz CT molecular complexity index is 816. The predicted molar refractivity (Wildman–Crippen MR) is 102 cm³/mol. The Morgan fingerprint density at radius 1 is 0.880 bits per heavy atom. The second-order valence-electron chi connectivity index (χ2n) is 6.10. The largest absolute Gasteiger partial charge is 0.333 e. The fraction of sp³-hybridized carbons (Fsp3) is 0.136. The number of carbonyl (C=O) groups is 1. The Kier molecular flexibility index (Phi) is 5.60. The van der Waals surface area contributed by atoms with Crippen molar-refractivity contribution >= 4 is 11.6 Å². The molecule has 1 atom stereocenters. The minimum absolute atomic E-state index is 0.00571. The summed E-state index contributed by atoms with van der Waals surface area (Å²) in [6.07, 6.45) is 0. The zero-order valence-electron chi connectivity index (χ0n) is 14.4. The molecule has 3 aromatic rings. The molecule has 0 aromatic heterocycles. The maximum atomic E-state index is 12.4. The second kappa shape index (κ2) is 8.27.